The fourth-order valence-corrected chi connectivity index (χ4v) is 4.63. The van der Waals surface area contributed by atoms with Crippen molar-refractivity contribution in [2.45, 2.75) is 51.2 Å². The second kappa shape index (κ2) is 8.23. The van der Waals surface area contributed by atoms with E-state index in [2.05, 4.69) is 15.1 Å². The average Bonchev–Trinajstić information content (AvgIpc) is 3.26. The number of hydrogen-bond donors (Lipinski definition) is 2. The van der Waals surface area contributed by atoms with E-state index in [1.54, 1.807) is 43.0 Å². The van der Waals surface area contributed by atoms with Crippen LogP contribution in [-0.4, -0.2) is 48.1 Å². The minimum Gasteiger partial charge on any atom is -0.386 e. The number of fused-ring (bicyclic) bond motifs is 3. The topological polar surface area (TPSA) is 110 Å². The Morgan fingerprint density at radius 3 is 2.54 bits per heavy atom. The number of nitrogens with two attached hydrogens (primary N) is 1. The third-order valence-electron chi connectivity index (χ3n) is 6.68. The average molecular weight is 481 g/mol. The number of piperidine rings is 1. The van der Waals surface area contributed by atoms with Gasteiger partial charge in [0.05, 0.1) is 11.0 Å². The van der Waals surface area contributed by atoms with E-state index in [0.717, 1.165) is 30.5 Å². The summed E-state index contributed by atoms with van der Waals surface area (Å²) < 4.78 is 29.5. The number of rotatable bonds is 3. The van der Waals surface area contributed by atoms with E-state index >= 15 is 0 Å². The fourth-order valence-electron chi connectivity index (χ4n) is 4.63. The molecule has 0 radical (unpaired) electrons. The zero-order chi connectivity index (χ0) is 25.1. The zero-order valence-corrected chi connectivity index (χ0v) is 19.7. The van der Waals surface area contributed by atoms with Gasteiger partial charge in [-0.15, -0.1) is 5.10 Å². The van der Waals surface area contributed by atoms with Gasteiger partial charge in [0.1, 0.15) is 11.3 Å². The number of carbonyl (C=O) groups excluding carboxylic acids is 1. The number of carbonyl (C=O) groups is 1. The molecule has 3 N–H and O–H groups in total. The molecule has 182 valence electrons. The maximum Gasteiger partial charge on any atom is 0.254 e. The molecular weight excluding hydrogens is 454 g/mol. The van der Waals surface area contributed by atoms with E-state index in [-0.39, 0.29) is 40.4 Å². The Balaban J connectivity index is 1.47. The normalized spacial score (nSPS) is 19.0. The molecule has 2 aromatic carbocycles. The first-order valence-electron chi connectivity index (χ1n) is 11.5. The molecule has 4 aromatic rings. The van der Waals surface area contributed by atoms with Gasteiger partial charge in [-0.3, -0.25) is 4.79 Å². The summed E-state index contributed by atoms with van der Waals surface area (Å²) in [6, 6.07) is 8.87. The lowest BCUT2D eigenvalue weighted by Crippen LogP contribution is -2.45. The highest BCUT2D eigenvalue weighted by atomic mass is 19.1. The van der Waals surface area contributed by atoms with Gasteiger partial charge in [0, 0.05) is 30.1 Å². The summed E-state index contributed by atoms with van der Waals surface area (Å²) in [6.45, 7) is 5.77. The molecule has 1 amide bonds. The molecule has 35 heavy (non-hydrogen) atoms. The minimum absolute atomic E-state index is 0.0144. The molecule has 0 spiro atoms. The summed E-state index contributed by atoms with van der Waals surface area (Å²) >= 11 is 0. The summed E-state index contributed by atoms with van der Waals surface area (Å²) in [5.41, 5.74) is 6.40. The molecule has 2 atom stereocenters. The van der Waals surface area contributed by atoms with Crippen LogP contribution >= 0.6 is 0 Å². The molecule has 0 unspecified atom stereocenters. The van der Waals surface area contributed by atoms with Gasteiger partial charge < -0.3 is 15.7 Å². The van der Waals surface area contributed by atoms with Crippen LogP contribution in [-0.2, 0) is 5.60 Å². The lowest BCUT2D eigenvalue weighted by molar-refractivity contribution is 0.0604. The molecule has 0 saturated carbocycles. The van der Waals surface area contributed by atoms with Crippen LogP contribution in [0.15, 0.2) is 36.4 Å². The van der Waals surface area contributed by atoms with Crippen LogP contribution in [0.5, 0.6) is 0 Å². The number of anilines is 1. The van der Waals surface area contributed by atoms with Gasteiger partial charge in [-0.25, -0.2) is 18.7 Å². The SMILES string of the molecule is C[C@H]1CC[C@@H](c2nc3c4cc(F)cc(F)c4nc(N)n3n2)CN1C(=O)c1ccc(C(C)(C)O)cc1. The quantitative estimate of drug-likeness (QED) is 0.462. The number of amides is 1. The van der Waals surface area contributed by atoms with E-state index in [1.165, 1.54) is 4.52 Å². The van der Waals surface area contributed by atoms with Crippen LogP contribution in [0.1, 0.15) is 61.3 Å². The standard InChI is InChI=1S/C25H26F2N6O2/c1-13-4-5-15(12-32(13)23(34)14-6-8-16(9-7-14)25(2,3)35)21-30-22-18-10-17(26)11-19(27)20(18)29-24(28)33(22)31-21/h6-11,13,15,35H,4-5,12H2,1-3H3,(H2,28,29)/t13-,15+/m0/s1. The zero-order valence-electron chi connectivity index (χ0n) is 19.7. The van der Waals surface area contributed by atoms with Crippen LogP contribution in [0.3, 0.4) is 0 Å². The van der Waals surface area contributed by atoms with Crippen molar-refractivity contribution < 1.29 is 18.7 Å². The second-order valence-electron chi connectivity index (χ2n) is 9.68. The maximum atomic E-state index is 14.3. The van der Waals surface area contributed by atoms with E-state index in [4.69, 9.17) is 5.73 Å². The van der Waals surface area contributed by atoms with E-state index in [1.807, 2.05) is 6.92 Å². The Bertz CT molecular complexity index is 1440. The Labute approximate surface area is 200 Å². The summed E-state index contributed by atoms with van der Waals surface area (Å²) in [6.07, 6.45) is 1.49. The van der Waals surface area contributed by atoms with Crippen molar-refractivity contribution in [3.8, 4) is 0 Å². The summed E-state index contributed by atoms with van der Waals surface area (Å²) in [4.78, 5) is 23.7. The molecule has 2 aromatic heterocycles. The predicted molar refractivity (Wildman–Crippen MR) is 127 cm³/mol. The minimum atomic E-state index is -0.993. The maximum absolute atomic E-state index is 14.3. The molecular formula is C25H26F2N6O2. The molecule has 5 rings (SSSR count). The third-order valence-corrected chi connectivity index (χ3v) is 6.68. The van der Waals surface area contributed by atoms with Crippen LogP contribution in [0, 0.1) is 11.6 Å². The number of aliphatic hydroxyl groups is 1. The second-order valence-corrected chi connectivity index (χ2v) is 9.68. The number of hydrogen-bond acceptors (Lipinski definition) is 6. The van der Waals surface area contributed by atoms with Crippen molar-refractivity contribution >= 4 is 28.4 Å². The van der Waals surface area contributed by atoms with Crippen LogP contribution in [0.2, 0.25) is 0 Å². The van der Waals surface area contributed by atoms with Crippen molar-refractivity contribution in [1.82, 2.24) is 24.5 Å². The number of halogens is 2. The highest BCUT2D eigenvalue weighted by molar-refractivity contribution is 5.95. The van der Waals surface area contributed by atoms with Crippen molar-refractivity contribution in [2.24, 2.45) is 0 Å². The number of aromatic nitrogens is 4. The molecule has 3 heterocycles. The number of benzene rings is 2. The van der Waals surface area contributed by atoms with Gasteiger partial charge in [-0.05, 0) is 57.4 Å². The smallest absolute Gasteiger partial charge is 0.254 e. The first kappa shape index (κ1) is 23.1. The number of nitrogens with zero attached hydrogens (tertiary/aromatic N) is 5. The van der Waals surface area contributed by atoms with Crippen molar-refractivity contribution in [1.29, 1.82) is 0 Å². The lowest BCUT2D eigenvalue weighted by atomic mass is 9.91. The van der Waals surface area contributed by atoms with E-state index in [0.29, 0.717) is 17.9 Å². The van der Waals surface area contributed by atoms with Crippen molar-refractivity contribution in [2.75, 3.05) is 12.3 Å². The van der Waals surface area contributed by atoms with Gasteiger partial charge in [-0.1, -0.05) is 12.1 Å². The van der Waals surface area contributed by atoms with Gasteiger partial charge in [0.2, 0.25) is 5.95 Å². The molecule has 1 fully saturated rings. The fraction of sp³-hybridized carbons (Fsp3) is 0.360. The van der Waals surface area contributed by atoms with Crippen molar-refractivity contribution in [3.63, 3.8) is 0 Å². The summed E-state index contributed by atoms with van der Waals surface area (Å²) in [5, 5.41) is 14.8. The van der Waals surface area contributed by atoms with Gasteiger partial charge in [0.15, 0.2) is 17.3 Å². The first-order valence-corrected chi connectivity index (χ1v) is 11.5. The lowest BCUT2D eigenvalue weighted by Gasteiger charge is -2.37. The first-order chi connectivity index (χ1) is 16.5. The van der Waals surface area contributed by atoms with Crippen LogP contribution in [0.4, 0.5) is 14.7 Å². The van der Waals surface area contributed by atoms with Crippen LogP contribution in [0.25, 0.3) is 16.6 Å². The molecule has 1 saturated heterocycles. The van der Waals surface area contributed by atoms with Crippen LogP contribution < -0.4 is 5.73 Å². The van der Waals surface area contributed by atoms with Gasteiger partial charge >= 0.3 is 0 Å². The molecule has 0 bridgehead atoms. The number of nitrogen functional groups attached to an aromatic ring is 1. The largest absolute Gasteiger partial charge is 0.386 e. The predicted octanol–water partition coefficient (Wildman–Crippen LogP) is 3.77. The highest BCUT2D eigenvalue weighted by Gasteiger charge is 2.33. The number of likely N-dealkylation sites (tertiary alicyclic amines) is 1. The Hall–Kier alpha value is -3.66. The Morgan fingerprint density at radius 1 is 1.14 bits per heavy atom. The summed E-state index contributed by atoms with van der Waals surface area (Å²) in [7, 11) is 0. The molecule has 10 heteroatoms. The molecule has 1 aliphatic rings. The van der Waals surface area contributed by atoms with Gasteiger partial charge in [-0.2, -0.15) is 4.52 Å². The van der Waals surface area contributed by atoms with Gasteiger partial charge in [0.25, 0.3) is 5.91 Å². The Morgan fingerprint density at radius 2 is 1.86 bits per heavy atom. The molecule has 8 nitrogen and oxygen atoms in total. The monoisotopic (exact) mass is 480 g/mol. The van der Waals surface area contributed by atoms with Crippen molar-refractivity contribution in [3.05, 3.63) is 65.0 Å². The molecule has 0 aliphatic carbocycles. The van der Waals surface area contributed by atoms with E-state index in [9.17, 15) is 18.7 Å². The van der Waals surface area contributed by atoms with E-state index < -0.39 is 17.2 Å². The third kappa shape index (κ3) is 4.07. The highest BCUT2D eigenvalue weighted by Crippen LogP contribution is 2.32. The molecule has 1 aliphatic heterocycles. The Kier molecular flexibility index (Phi) is 5.43. The summed E-state index contributed by atoms with van der Waals surface area (Å²) in [5.74, 6) is -1.48.